The Labute approximate surface area is 155 Å². The molecule has 130 valence electrons. The Balaban J connectivity index is 1.59. The fraction of sp³-hybridized carbons (Fsp3) is 0.0952. The summed E-state index contributed by atoms with van der Waals surface area (Å²) in [6.07, 6.45) is 7.41. The van der Waals surface area contributed by atoms with Crippen LogP contribution in [0.5, 0.6) is 0 Å². The number of rotatable bonds is 2. The molecule has 5 rings (SSSR count). The van der Waals surface area contributed by atoms with Gasteiger partial charge >= 0.3 is 0 Å². The maximum Gasteiger partial charge on any atom is 0.177 e. The fourth-order valence-electron chi connectivity index (χ4n) is 3.19. The van der Waals surface area contributed by atoms with Gasteiger partial charge in [0.25, 0.3) is 0 Å². The number of pyridine rings is 2. The average Bonchev–Trinajstić information content (AvgIpc) is 3.15. The normalized spacial score (nSPS) is 11.9. The van der Waals surface area contributed by atoms with Crippen LogP contribution in [0.15, 0.2) is 48.8 Å². The van der Waals surface area contributed by atoms with Crippen LogP contribution in [0.25, 0.3) is 39.6 Å². The lowest BCUT2D eigenvalue weighted by Crippen LogP contribution is -1.97. The van der Waals surface area contributed by atoms with Gasteiger partial charge in [0.2, 0.25) is 0 Å². The first-order valence-corrected chi connectivity index (χ1v) is 8.70. The Morgan fingerprint density at radius 2 is 1.81 bits per heavy atom. The van der Waals surface area contributed by atoms with Crippen molar-refractivity contribution in [1.82, 2.24) is 29.5 Å². The maximum absolute atomic E-state index is 4.81. The van der Waals surface area contributed by atoms with Gasteiger partial charge in [-0.15, -0.1) is 5.10 Å². The largest absolute Gasteiger partial charge is 0.256 e. The van der Waals surface area contributed by atoms with Crippen LogP contribution in [0.3, 0.4) is 0 Å². The maximum atomic E-state index is 4.81. The summed E-state index contributed by atoms with van der Waals surface area (Å²) >= 11 is 0. The van der Waals surface area contributed by atoms with E-state index in [-0.39, 0.29) is 0 Å². The lowest BCUT2D eigenvalue weighted by Gasteiger charge is -2.03. The zero-order valence-electron chi connectivity index (χ0n) is 15.0. The standard InChI is InChI=1S/C21H16N6/c1-13-12-23-14(2)21-25-19(26-27(13)21)10-8-16-7-5-15-6-9-18-17(20(15)24-16)4-3-11-22-18/h3-12H,1-2H3/b10-8+. The molecule has 0 saturated carbocycles. The molecular formula is C21H16N6. The molecule has 0 bridgehead atoms. The minimum Gasteiger partial charge on any atom is -0.256 e. The number of nitrogens with zero attached hydrogens (tertiary/aromatic N) is 6. The zero-order valence-corrected chi connectivity index (χ0v) is 15.0. The summed E-state index contributed by atoms with van der Waals surface area (Å²) in [5.74, 6) is 0.635. The van der Waals surface area contributed by atoms with Gasteiger partial charge < -0.3 is 0 Å². The van der Waals surface area contributed by atoms with Crippen molar-refractivity contribution < 1.29 is 0 Å². The highest BCUT2D eigenvalue weighted by molar-refractivity contribution is 6.03. The van der Waals surface area contributed by atoms with Crippen LogP contribution in [0, 0.1) is 13.8 Å². The number of hydrogen-bond donors (Lipinski definition) is 0. The van der Waals surface area contributed by atoms with Crippen LogP contribution in [-0.2, 0) is 0 Å². The van der Waals surface area contributed by atoms with E-state index < -0.39 is 0 Å². The molecule has 0 spiro atoms. The third kappa shape index (κ3) is 2.62. The molecule has 0 atom stereocenters. The molecular weight excluding hydrogens is 336 g/mol. The first-order chi connectivity index (χ1) is 13.2. The smallest absolute Gasteiger partial charge is 0.177 e. The van der Waals surface area contributed by atoms with Crippen molar-refractivity contribution in [2.75, 3.05) is 0 Å². The minimum atomic E-state index is 0.635. The molecule has 0 fully saturated rings. The van der Waals surface area contributed by atoms with Crippen LogP contribution < -0.4 is 0 Å². The van der Waals surface area contributed by atoms with E-state index in [1.54, 1.807) is 12.4 Å². The highest BCUT2D eigenvalue weighted by atomic mass is 15.3. The summed E-state index contributed by atoms with van der Waals surface area (Å²) in [7, 11) is 0. The van der Waals surface area contributed by atoms with Crippen molar-refractivity contribution in [3.05, 3.63) is 71.7 Å². The Kier molecular flexibility index (Phi) is 3.43. The molecule has 27 heavy (non-hydrogen) atoms. The first kappa shape index (κ1) is 15.6. The van der Waals surface area contributed by atoms with E-state index in [0.29, 0.717) is 5.82 Å². The van der Waals surface area contributed by atoms with E-state index in [1.807, 2.05) is 60.8 Å². The van der Waals surface area contributed by atoms with Crippen molar-refractivity contribution in [2.45, 2.75) is 13.8 Å². The summed E-state index contributed by atoms with van der Waals surface area (Å²) in [4.78, 5) is 18.1. The van der Waals surface area contributed by atoms with Gasteiger partial charge in [-0.1, -0.05) is 12.1 Å². The molecule has 1 aromatic carbocycles. The van der Waals surface area contributed by atoms with E-state index in [4.69, 9.17) is 4.98 Å². The fourth-order valence-corrected chi connectivity index (χ4v) is 3.19. The molecule has 6 nitrogen and oxygen atoms in total. The van der Waals surface area contributed by atoms with Gasteiger partial charge in [0, 0.05) is 23.2 Å². The molecule has 0 N–H and O–H groups in total. The SMILES string of the molecule is Cc1ncc(C)n2nc(/C=C/c3ccc4ccc5ncccc5c4n3)nc12. The van der Waals surface area contributed by atoms with E-state index in [2.05, 4.69) is 26.1 Å². The molecule has 5 aromatic rings. The predicted octanol–water partition coefficient (Wildman–Crippen LogP) is 4.01. The second kappa shape index (κ2) is 5.95. The number of fused-ring (bicyclic) bond motifs is 4. The molecule has 0 radical (unpaired) electrons. The lowest BCUT2D eigenvalue weighted by atomic mass is 10.1. The summed E-state index contributed by atoms with van der Waals surface area (Å²) in [6.45, 7) is 3.90. The topological polar surface area (TPSA) is 68.9 Å². The second-order valence-electron chi connectivity index (χ2n) is 6.47. The minimum absolute atomic E-state index is 0.635. The molecule has 0 aliphatic carbocycles. The van der Waals surface area contributed by atoms with Crippen LogP contribution in [0.1, 0.15) is 22.9 Å². The molecule has 0 unspecified atom stereocenters. The van der Waals surface area contributed by atoms with Gasteiger partial charge in [-0.2, -0.15) is 0 Å². The van der Waals surface area contributed by atoms with Crippen molar-refractivity contribution in [2.24, 2.45) is 0 Å². The van der Waals surface area contributed by atoms with Gasteiger partial charge in [-0.05, 0) is 50.3 Å². The van der Waals surface area contributed by atoms with Crippen LogP contribution in [-0.4, -0.2) is 29.5 Å². The van der Waals surface area contributed by atoms with Gasteiger partial charge in [0.05, 0.1) is 28.1 Å². The van der Waals surface area contributed by atoms with E-state index in [9.17, 15) is 0 Å². The molecule has 0 amide bonds. The molecule has 4 aromatic heterocycles. The molecule has 4 heterocycles. The molecule has 0 aliphatic rings. The van der Waals surface area contributed by atoms with E-state index in [1.165, 1.54) is 0 Å². The molecule has 0 saturated heterocycles. The molecule has 0 aliphatic heterocycles. The van der Waals surface area contributed by atoms with Crippen LogP contribution >= 0.6 is 0 Å². The number of hydrogen-bond acceptors (Lipinski definition) is 5. The van der Waals surface area contributed by atoms with Crippen molar-refractivity contribution >= 4 is 39.6 Å². The Bertz CT molecular complexity index is 1310. The second-order valence-corrected chi connectivity index (χ2v) is 6.47. The number of aromatic nitrogens is 6. The lowest BCUT2D eigenvalue weighted by molar-refractivity contribution is 0.884. The Hall–Kier alpha value is -3.67. The number of aryl methyl sites for hydroxylation is 2. The highest BCUT2D eigenvalue weighted by Gasteiger charge is 2.07. The van der Waals surface area contributed by atoms with Gasteiger partial charge in [-0.3, -0.25) is 9.97 Å². The van der Waals surface area contributed by atoms with E-state index >= 15 is 0 Å². The summed E-state index contributed by atoms with van der Waals surface area (Å²) in [5.41, 5.74) is 5.32. The first-order valence-electron chi connectivity index (χ1n) is 8.70. The van der Waals surface area contributed by atoms with Gasteiger partial charge in [0.1, 0.15) is 0 Å². The summed E-state index contributed by atoms with van der Waals surface area (Å²) in [5, 5.41) is 6.68. The number of benzene rings is 1. The van der Waals surface area contributed by atoms with Crippen molar-refractivity contribution in [3.63, 3.8) is 0 Å². The van der Waals surface area contributed by atoms with Gasteiger partial charge in [0.15, 0.2) is 11.5 Å². The Morgan fingerprint density at radius 3 is 2.70 bits per heavy atom. The summed E-state index contributed by atoms with van der Waals surface area (Å²) in [6, 6.07) is 12.1. The van der Waals surface area contributed by atoms with Crippen molar-refractivity contribution in [3.8, 4) is 0 Å². The monoisotopic (exact) mass is 352 g/mol. The van der Waals surface area contributed by atoms with E-state index in [0.717, 1.165) is 44.5 Å². The third-order valence-electron chi connectivity index (χ3n) is 4.59. The average molecular weight is 352 g/mol. The zero-order chi connectivity index (χ0) is 18.4. The van der Waals surface area contributed by atoms with Crippen LogP contribution in [0.2, 0.25) is 0 Å². The highest BCUT2D eigenvalue weighted by Crippen LogP contribution is 2.23. The van der Waals surface area contributed by atoms with Gasteiger partial charge in [-0.25, -0.2) is 14.5 Å². The quantitative estimate of drug-likeness (QED) is 0.449. The third-order valence-corrected chi connectivity index (χ3v) is 4.59. The summed E-state index contributed by atoms with van der Waals surface area (Å²) < 4.78 is 1.81. The predicted molar refractivity (Wildman–Crippen MR) is 106 cm³/mol. The van der Waals surface area contributed by atoms with Crippen molar-refractivity contribution in [1.29, 1.82) is 0 Å². The Morgan fingerprint density at radius 1 is 0.926 bits per heavy atom. The van der Waals surface area contributed by atoms with Crippen LogP contribution in [0.4, 0.5) is 0 Å². The molecule has 6 heteroatoms.